The van der Waals surface area contributed by atoms with Gasteiger partial charge in [0.25, 0.3) is 17.5 Å². The SMILES string of the molecule is CC(C)(C)C1CCc2c(sc(NC(=O)CSc3cccc(NC(=O)/C(=C\c4ccccc4[N+](=O)[O-])NC(=O)c4ccccc4)c3)c2C#N)C1. The summed E-state index contributed by atoms with van der Waals surface area (Å²) in [6.45, 7) is 6.71. The van der Waals surface area contributed by atoms with E-state index in [0.717, 1.165) is 24.8 Å². The fourth-order valence-electron chi connectivity index (χ4n) is 5.58. The Bertz CT molecular complexity index is 1970. The molecule has 0 bridgehead atoms. The molecule has 5 rings (SSSR count). The zero-order valence-corrected chi connectivity index (χ0v) is 28.9. The zero-order valence-electron chi connectivity index (χ0n) is 27.2. The van der Waals surface area contributed by atoms with Crippen molar-refractivity contribution in [3.05, 3.63) is 122 Å². The highest BCUT2D eigenvalue weighted by atomic mass is 32.2. The second-order valence-corrected chi connectivity index (χ2v) is 14.8. The molecule has 49 heavy (non-hydrogen) atoms. The minimum absolute atomic E-state index is 0.0748. The van der Waals surface area contributed by atoms with Crippen LogP contribution in [-0.2, 0) is 22.4 Å². The van der Waals surface area contributed by atoms with Crippen molar-refractivity contribution >= 4 is 63.3 Å². The van der Waals surface area contributed by atoms with Crippen LogP contribution in [0.2, 0.25) is 0 Å². The summed E-state index contributed by atoms with van der Waals surface area (Å²) in [5.74, 6) is -0.913. The Kier molecular flexibility index (Phi) is 11.0. The number of fused-ring (bicyclic) bond motifs is 1. The number of carbonyl (C=O) groups is 3. The number of nitro groups is 1. The van der Waals surface area contributed by atoms with E-state index in [1.165, 1.54) is 52.3 Å². The van der Waals surface area contributed by atoms with E-state index in [1.54, 1.807) is 60.7 Å². The van der Waals surface area contributed by atoms with Crippen LogP contribution in [-0.4, -0.2) is 28.4 Å². The van der Waals surface area contributed by atoms with Gasteiger partial charge in [0.15, 0.2) is 0 Å². The monoisotopic (exact) mass is 693 g/mol. The van der Waals surface area contributed by atoms with E-state index in [4.69, 9.17) is 0 Å². The Morgan fingerprint density at radius 3 is 2.49 bits per heavy atom. The van der Waals surface area contributed by atoms with Crippen molar-refractivity contribution in [2.75, 3.05) is 16.4 Å². The number of thiophene rings is 1. The standard InChI is InChI=1S/C37H35N5O5S2/c1-37(2,3)25-16-17-28-29(21-38)36(49-32(28)19-25)41-33(43)22-48-27-14-9-13-26(20-27)39-35(45)30(40-34(44)23-10-5-4-6-11-23)18-24-12-7-8-15-31(24)42(46)47/h4-15,18,20,25H,16-17,19,22H2,1-3H3,(H,39,45)(H,40,44)(H,41,43)/b30-18+. The average Bonchev–Trinajstić information content (AvgIpc) is 3.43. The van der Waals surface area contributed by atoms with Crippen LogP contribution in [0.15, 0.2) is 89.5 Å². The number of amides is 3. The number of thioether (sulfide) groups is 1. The molecule has 3 N–H and O–H groups in total. The zero-order chi connectivity index (χ0) is 35.1. The molecule has 0 saturated carbocycles. The fourth-order valence-corrected chi connectivity index (χ4v) is 7.63. The summed E-state index contributed by atoms with van der Waals surface area (Å²) >= 11 is 2.75. The molecular formula is C37H35N5O5S2. The van der Waals surface area contributed by atoms with Gasteiger partial charge in [-0.2, -0.15) is 5.26 Å². The number of nitro benzene ring substituents is 1. The number of nitrogens with zero attached hydrogens (tertiary/aromatic N) is 2. The van der Waals surface area contributed by atoms with Gasteiger partial charge in [-0.05, 0) is 78.6 Å². The second-order valence-electron chi connectivity index (χ2n) is 12.6. The van der Waals surface area contributed by atoms with E-state index in [2.05, 4.69) is 42.8 Å². The topological polar surface area (TPSA) is 154 Å². The number of hydrogen-bond acceptors (Lipinski definition) is 8. The van der Waals surface area contributed by atoms with Crippen molar-refractivity contribution < 1.29 is 19.3 Å². The molecule has 4 aromatic rings. The van der Waals surface area contributed by atoms with Crippen LogP contribution < -0.4 is 16.0 Å². The number of rotatable bonds is 10. The van der Waals surface area contributed by atoms with Crippen LogP contribution in [0.3, 0.4) is 0 Å². The molecule has 10 nitrogen and oxygen atoms in total. The quantitative estimate of drug-likeness (QED) is 0.0662. The predicted octanol–water partition coefficient (Wildman–Crippen LogP) is 7.82. The van der Waals surface area contributed by atoms with Gasteiger partial charge in [-0.1, -0.05) is 57.2 Å². The number of benzene rings is 3. The normalized spacial score (nSPS) is 14.2. The summed E-state index contributed by atoms with van der Waals surface area (Å²) in [5.41, 5.74) is 2.19. The van der Waals surface area contributed by atoms with E-state index >= 15 is 0 Å². The van der Waals surface area contributed by atoms with Crippen molar-refractivity contribution in [2.45, 2.75) is 44.9 Å². The van der Waals surface area contributed by atoms with Gasteiger partial charge < -0.3 is 16.0 Å². The molecule has 1 aliphatic rings. The van der Waals surface area contributed by atoms with Gasteiger partial charge in [0, 0.05) is 27.1 Å². The largest absolute Gasteiger partial charge is 0.321 e. The highest BCUT2D eigenvalue weighted by Crippen LogP contribution is 2.44. The smallest absolute Gasteiger partial charge is 0.276 e. The molecule has 0 aliphatic heterocycles. The van der Waals surface area contributed by atoms with E-state index in [1.807, 2.05) is 0 Å². The fraction of sp³-hybridized carbons (Fsp3) is 0.243. The first kappa shape index (κ1) is 35.1. The number of para-hydroxylation sites is 1. The van der Waals surface area contributed by atoms with Crippen LogP contribution >= 0.6 is 23.1 Å². The minimum atomic E-state index is -0.693. The number of nitriles is 1. The van der Waals surface area contributed by atoms with Crippen molar-refractivity contribution in [3.8, 4) is 6.07 Å². The van der Waals surface area contributed by atoms with E-state index in [-0.39, 0.29) is 34.0 Å². The highest BCUT2D eigenvalue weighted by Gasteiger charge is 2.32. The summed E-state index contributed by atoms with van der Waals surface area (Å²) < 4.78 is 0. The van der Waals surface area contributed by atoms with Gasteiger partial charge in [0.1, 0.15) is 16.8 Å². The molecule has 1 aliphatic carbocycles. The molecule has 1 aromatic heterocycles. The molecule has 1 heterocycles. The minimum Gasteiger partial charge on any atom is -0.321 e. The van der Waals surface area contributed by atoms with Gasteiger partial charge in [0.2, 0.25) is 5.91 Å². The highest BCUT2D eigenvalue weighted by molar-refractivity contribution is 8.00. The molecule has 1 atom stereocenters. The molecule has 1 unspecified atom stereocenters. The van der Waals surface area contributed by atoms with E-state index < -0.39 is 16.7 Å². The van der Waals surface area contributed by atoms with Crippen LogP contribution in [0.4, 0.5) is 16.4 Å². The Morgan fingerprint density at radius 2 is 1.78 bits per heavy atom. The van der Waals surface area contributed by atoms with Gasteiger partial charge in [0.05, 0.1) is 21.8 Å². The first-order chi connectivity index (χ1) is 23.4. The predicted molar refractivity (Wildman–Crippen MR) is 193 cm³/mol. The third-order valence-electron chi connectivity index (χ3n) is 8.28. The summed E-state index contributed by atoms with van der Waals surface area (Å²) in [6.07, 6.45) is 4.00. The molecule has 0 radical (unpaired) electrons. The van der Waals surface area contributed by atoms with Crippen molar-refractivity contribution in [3.63, 3.8) is 0 Å². The first-order valence-electron chi connectivity index (χ1n) is 15.6. The summed E-state index contributed by atoms with van der Waals surface area (Å²) in [5, 5.41) is 30.4. The Morgan fingerprint density at radius 1 is 1.04 bits per heavy atom. The van der Waals surface area contributed by atoms with E-state index in [9.17, 15) is 29.8 Å². The maximum atomic E-state index is 13.5. The van der Waals surface area contributed by atoms with Crippen LogP contribution in [0.25, 0.3) is 6.08 Å². The molecule has 3 aromatic carbocycles. The summed E-state index contributed by atoms with van der Waals surface area (Å²) in [7, 11) is 0. The third kappa shape index (κ3) is 8.81. The van der Waals surface area contributed by atoms with E-state index in [0.29, 0.717) is 32.6 Å². The Balaban J connectivity index is 1.27. The molecule has 0 fully saturated rings. The van der Waals surface area contributed by atoms with Gasteiger partial charge in [-0.3, -0.25) is 24.5 Å². The molecule has 12 heteroatoms. The van der Waals surface area contributed by atoms with Gasteiger partial charge >= 0.3 is 0 Å². The Labute approximate surface area is 292 Å². The van der Waals surface area contributed by atoms with Crippen molar-refractivity contribution in [1.29, 1.82) is 5.26 Å². The lowest BCUT2D eigenvalue weighted by Crippen LogP contribution is -2.30. The summed E-state index contributed by atoms with van der Waals surface area (Å²) in [6, 6.07) is 23.4. The number of nitrogens with one attached hydrogen (secondary N) is 3. The number of carbonyl (C=O) groups excluding carboxylic acids is 3. The molecule has 3 amide bonds. The molecule has 0 spiro atoms. The van der Waals surface area contributed by atoms with Crippen molar-refractivity contribution in [2.24, 2.45) is 11.3 Å². The van der Waals surface area contributed by atoms with Crippen LogP contribution in [0.5, 0.6) is 0 Å². The number of hydrogen-bond donors (Lipinski definition) is 3. The lowest BCUT2D eigenvalue weighted by Gasteiger charge is -2.33. The lowest BCUT2D eigenvalue weighted by atomic mass is 9.72. The molecular weight excluding hydrogens is 659 g/mol. The van der Waals surface area contributed by atoms with Gasteiger partial charge in [-0.25, -0.2) is 0 Å². The second kappa shape index (κ2) is 15.3. The van der Waals surface area contributed by atoms with Crippen LogP contribution in [0.1, 0.15) is 59.1 Å². The summed E-state index contributed by atoms with van der Waals surface area (Å²) in [4.78, 5) is 52.4. The lowest BCUT2D eigenvalue weighted by molar-refractivity contribution is -0.385. The average molecular weight is 694 g/mol. The van der Waals surface area contributed by atoms with Gasteiger partial charge in [-0.15, -0.1) is 23.1 Å². The first-order valence-corrected chi connectivity index (χ1v) is 17.4. The third-order valence-corrected chi connectivity index (χ3v) is 10.4. The maximum Gasteiger partial charge on any atom is 0.276 e. The maximum absolute atomic E-state index is 13.5. The number of anilines is 2. The van der Waals surface area contributed by atoms with Crippen molar-refractivity contribution in [1.82, 2.24) is 5.32 Å². The molecule has 250 valence electrons. The molecule has 0 saturated heterocycles. The van der Waals surface area contributed by atoms with Crippen LogP contribution in [0, 0.1) is 32.8 Å². The Hall–Kier alpha value is -5.25.